The predicted octanol–water partition coefficient (Wildman–Crippen LogP) is 4.59. The van der Waals surface area contributed by atoms with E-state index >= 15 is 0 Å². The lowest BCUT2D eigenvalue weighted by Gasteiger charge is -2.25. The van der Waals surface area contributed by atoms with Gasteiger partial charge in [-0.3, -0.25) is 4.90 Å². The summed E-state index contributed by atoms with van der Waals surface area (Å²) in [6, 6.07) is 15.5. The number of hydrogen-bond acceptors (Lipinski definition) is 6. The Labute approximate surface area is 204 Å². The Morgan fingerprint density at radius 3 is 1.80 bits per heavy atom. The Morgan fingerprint density at radius 2 is 1.31 bits per heavy atom. The molecule has 0 aliphatic heterocycles. The number of aliphatic hydroxyl groups excluding tert-OH is 1. The van der Waals surface area contributed by atoms with Crippen molar-refractivity contribution in [3.8, 4) is 17.2 Å². The summed E-state index contributed by atoms with van der Waals surface area (Å²) >= 11 is 0. The van der Waals surface area contributed by atoms with Crippen molar-refractivity contribution in [1.82, 2.24) is 4.90 Å². The van der Waals surface area contributed by atoms with E-state index in [0.717, 1.165) is 5.56 Å². The molecule has 0 spiro atoms. The van der Waals surface area contributed by atoms with E-state index in [0.29, 0.717) is 41.5 Å². The maximum absolute atomic E-state index is 13.4. The third-order valence-corrected chi connectivity index (χ3v) is 5.55. The van der Waals surface area contributed by atoms with E-state index in [2.05, 4.69) is 0 Å². The van der Waals surface area contributed by atoms with Crippen LogP contribution in [-0.4, -0.2) is 57.6 Å². The molecule has 0 aliphatic carbocycles. The minimum absolute atomic E-state index is 0.0207. The Balaban J connectivity index is 1.67. The first-order valence-corrected chi connectivity index (χ1v) is 11.1. The number of nitrogens with zero attached hydrogens (tertiary/aromatic N) is 1. The highest BCUT2D eigenvalue weighted by atomic mass is 19.1. The molecule has 1 N–H and O–H groups in total. The SMILES string of the molecule is COc1ccc(CN(C)CC(O)COC(c2ccc(F)cc2)c2ccc(F)cc2)c(OC)c1OC. The number of halogens is 2. The van der Waals surface area contributed by atoms with Crippen molar-refractivity contribution in [2.75, 3.05) is 41.5 Å². The third-order valence-electron chi connectivity index (χ3n) is 5.55. The van der Waals surface area contributed by atoms with Gasteiger partial charge in [-0.1, -0.05) is 30.3 Å². The summed E-state index contributed by atoms with van der Waals surface area (Å²) in [6.07, 6.45) is -1.39. The van der Waals surface area contributed by atoms with Gasteiger partial charge in [0.2, 0.25) is 5.75 Å². The zero-order valence-corrected chi connectivity index (χ0v) is 20.3. The maximum Gasteiger partial charge on any atom is 0.203 e. The Kier molecular flexibility index (Phi) is 9.42. The highest BCUT2D eigenvalue weighted by Crippen LogP contribution is 2.40. The Morgan fingerprint density at radius 1 is 0.771 bits per heavy atom. The van der Waals surface area contributed by atoms with Crippen LogP contribution < -0.4 is 14.2 Å². The lowest BCUT2D eigenvalue weighted by molar-refractivity contribution is -0.00636. The molecule has 8 heteroatoms. The van der Waals surface area contributed by atoms with Crippen LogP contribution in [-0.2, 0) is 11.3 Å². The first kappa shape index (κ1) is 26.4. The second-order valence-electron chi connectivity index (χ2n) is 8.16. The summed E-state index contributed by atoms with van der Waals surface area (Å²) in [5, 5.41) is 10.7. The van der Waals surface area contributed by atoms with E-state index in [-0.39, 0.29) is 18.2 Å². The van der Waals surface area contributed by atoms with Gasteiger partial charge in [0.15, 0.2) is 11.5 Å². The van der Waals surface area contributed by atoms with E-state index in [4.69, 9.17) is 18.9 Å². The van der Waals surface area contributed by atoms with Crippen molar-refractivity contribution in [2.24, 2.45) is 0 Å². The van der Waals surface area contributed by atoms with Crippen LogP contribution in [0.5, 0.6) is 17.2 Å². The molecule has 35 heavy (non-hydrogen) atoms. The van der Waals surface area contributed by atoms with Gasteiger partial charge in [-0.2, -0.15) is 0 Å². The third kappa shape index (κ3) is 6.91. The average Bonchev–Trinajstić information content (AvgIpc) is 2.85. The number of aliphatic hydroxyl groups is 1. The lowest BCUT2D eigenvalue weighted by Crippen LogP contribution is -2.32. The van der Waals surface area contributed by atoms with Gasteiger partial charge >= 0.3 is 0 Å². The van der Waals surface area contributed by atoms with E-state index < -0.39 is 12.2 Å². The molecule has 1 atom stereocenters. The summed E-state index contributed by atoms with van der Waals surface area (Å²) in [5.41, 5.74) is 2.28. The van der Waals surface area contributed by atoms with E-state index in [1.807, 2.05) is 18.0 Å². The van der Waals surface area contributed by atoms with Crippen LogP contribution in [0, 0.1) is 11.6 Å². The van der Waals surface area contributed by atoms with Gasteiger partial charge < -0.3 is 24.1 Å². The van der Waals surface area contributed by atoms with Crippen LogP contribution in [0.3, 0.4) is 0 Å². The monoisotopic (exact) mass is 487 g/mol. The van der Waals surface area contributed by atoms with Gasteiger partial charge in [-0.15, -0.1) is 0 Å². The highest BCUT2D eigenvalue weighted by Gasteiger charge is 2.20. The van der Waals surface area contributed by atoms with Crippen molar-refractivity contribution in [3.05, 3.63) is 89.0 Å². The largest absolute Gasteiger partial charge is 0.493 e. The quantitative estimate of drug-likeness (QED) is 0.403. The number of rotatable bonds is 12. The molecule has 3 rings (SSSR count). The van der Waals surface area contributed by atoms with Crippen LogP contribution in [0.2, 0.25) is 0 Å². The topological polar surface area (TPSA) is 60.4 Å². The summed E-state index contributed by atoms with van der Waals surface area (Å²) in [7, 11) is 6.55. The van der Waals surface area contributed by atoms with E-state index in [1.165, 1.54) is 24.3 Å². The number of benzene rings is 3. The molecule has 0 saturated carbocycles. The van der Waals surface area contributed by atoms with Gasteiger partial charge in [0.05, 0.1) is 34.0 Å². The first-order valence-electron chi connectivity index (χ1n) is 11.1. The number of likely N-dealkylation sites (N-methyl/N-ethyl adjacent to an activating group) is 1. The van der Waals surface area contributed by atoms with Gasteiger partial charge in [0.1, 0.15) is 17.7 Å². The molecular formula is C27H31F2NO5. The van der Waals surface area contributed by atoms with Crippen LogP contribution in [0.4, 0.5) is 8.78 Å². The fourth-order valence-electron chi connectivity index (χ4n) is 3.92. The first-order chi connectivity index (χ1) is 16.9. The van der Waals surface area contributed by atoms with Gasteiger partial charge in [-0.05, 0) is 48.5 Å². The van der Waals surface area contributed by atoms with Crippen molar-refractivity contribution in [2.45, 2.75) is 18.8 Å². The molecule has 188 valence electrons. The van der Waals surface area contributed by atoms with Crippen molar-refractivity contribution < 1.29 is 32.8 Å². The molecule has 3 aromatic carbocycles. The molecule has 0 saturated heterocycles. The molecule has 0 aliphatic rings. The standard InChI is InChI=1S/C27H31F2NO5/c1-30(15-20-9-14-24(32-2)27(34-4)26(20)33-3)16-23(31)17-35-25(18-5-10-21(28)11-6-18)19-7-12-22(29)13-8-19/h5-14,23,25,31H,15-17H2,1-4H3. The number of methoxy groups -OCH3 is 3. The fourth-order valence-corrected chi connectivity index (χ4v) is 3.92. The summed E-state index contributed by atoms with van der Waals surface area (Å²) < 4.78 is 49.2. The lowest BCUT2D eigenvalue weighted by atomic mass is 10.0. The van der Waals surface area contributed by atoms with Crippen LogP contribution in [0.25, 0.3) is 0 Å². The molecule has 0 fully saturated rings. The fraction of sp³-hybridized carbons (Fsp3) is 0.333. The number of ether oxygens (including phenoxy) is 4. The molecule has 6 nitrogen and oxygen atoms in total. The van der Waals surface area contributed by atoms with Gasteiger partial charge in [0, 0.05) is 18.7 Å². The Hall–Kier alpha value is -3.20. The molecule has 0 amide bonds. The molecule has 0 heterocycles. The molecule has 1 unspecified atom stereocenters. The normalized spacial score (nSPS) is 12.1. The van der Waals surface area contributed by atoms with Crippen molar-refractivity contribution in [3.63, 3.8) is 0 Å². The molecule has 0 aromatic heterocycles. The van der Waals surface area contributed by atoms with Crippen LogP contribution in [0.1, 0.15) is 22.8 Å². The van der Waals surface area contributed by atoms with Crippen molar-refractivity contribution in [1.29, 1.82) is 0 Å². The average molecular weight is 488 g/mol. The highest BCUT2D eigenvalue weighted by molar-refractivity contribution is 5.55. The number of hydrogen-bond donors (Lipinski definition) is 1. The summed E-state index contributed by atoms with van der Waals surface area (Å²) in [4.78, 5) is 1.93. The van der Waals surface area contributed by atoms with E-state index in [1.54, 1.807) is 51.7 Å². The minimum Gasteiger partial charge on any atom is -0.493 e. The zero-order valence-electron chi connectivity index (χ0n) is 20.3. The Bertz CT molecular complexity index is 1030. The second-order valence-corrected chi connectivity index (χ2v) is 8.16. The van der Waals surface area contributed by atoms with Gasteiger partial charge in [-0.25, -0.2) is 8.78 Å². The van der Waals surface area contributed by atoms with Gasteiger partial charge in [0.25, 0.3) is 0 Å². The van der Waals surface area contributed by atoms with E-state index in [9.17, 15) is 13.9 Å². The summed E-state index contributed by atoms with van der Waals surface area (Å²) in [6.45, 7) is 0.823. The van der Waals surface area contributed by atoms with Crippen LogP contribution >= 0.6 is 0 Å². The second kappa shape index (κ2) is 12.5. The zero-order chi connectivity index (χ0) is 25.4. The molecule has 0 radical (unpaired) electrons. The summed E-state index contributed by atoms with van der Waals surface area (Å²) in [5.74, 6) is 0.915. The van der Waals surface area contributed by atoms with Crippen molar-refractivity contribution >= 4 is 0 Å². The molecule has 3 aromatic rings. The van der Waals surface area contributed by atoms with Crippen LogP contribution in [0.15, 0.2) is 60.7 Å². The molecular weight excluding hydrogens is 456 g/mol. The minimum atomic E-state index is -0.811. The predicted molar refractivity (Wildman–Crippen MR) is 129 cm³/mol. The molecule has 0 bridgehead atoms. The smallest absolute Gasteiger partial charge is 0.203 e. The maximum atomic E-state index is 13.4.